The normalized spacial score (nSPS) is 27.9. The summed E-state index contributed by atoms with van der Waals surface area (Å²) in [6, 6.07) is 0.00741. The van der Waals surface area contributed by atoms with Crippen LogP contribution in [0.3, 0.4) is 0 Å². The lowest BCUT2D eigenvalue weighted by molar-refractivity contribution is 0.440. The van der Waals surface area contributed by atoms with Crippen LogP contribution in [-0.2, 0) is 10.2 Å². The van der Waals surface area contributed by atoms with Gasteiger partial charge in [0.15, 0.2) is 0 Å². The van der Waals surface area contributed by atoms with Gasteiger partial charge in [-0.2, -0.15) is 13.1 Å². The molecule has 0 radical (unpaired) electrons. The first-order chi connectivity index (χ1) is 5.47. The van der Waals surface area contributed by atoms with Crippen molar-refractivity contribution in [2.75, 3.05) is 6.54 Å². The number of nitrogens with one attached hydrogen (secondary N) is 1. The van der Waals surface area contributed by atoms with Gasteiger partial charge in [-0.3, -0.25) is 4.31 Å². The van der Waals surface area contributed by atoms with Crippen LogP contribution in [-0.4, -0.2) is 25.3 Å². The average molecular weight is 190 g/mol. The van der Waals surface area contributed by atoms with Gasteiger partial charge in [-0.05, 0) is 5.92 Å². The topological polar surface area (TPSA) is 49.4 Å². The van der Waals surface area contributed by atoms with Crippen molar-refractivity contribution in [1.29, 1.82) is 0 Å². The van der Waals surface area contributed by atoms with Gasteiger partial charge in [0, 0.05) is 12.2 Å². The summed E-state index contributed by atoms with van der Waals surface area (Å²) in [5.41, 5.74) is 0. The van der Waals surface area contributed by atoms with E-state index in [4.69, 9.17) is 0 Å². The highest BCUT2D eigenvalue weighted by molar-refractivity contribution is 7.87. The van der Waals surface area contributed by atoms with Crippen LogP contribution in [0, 0.1) is 5.92 Å². The van der Waals surface area contributed by atoms with Gasteiger partial charge in [-0.1, -0.05) is 20.4 Å². The van der Waals surface area contributed by atoms with E-state index in [9.17, 15) is 8.42 Å². The van der Waals surface area contributed by atoms with Crippen LogP contribution >= 0.6 is 0 Å². The highest BCUT2D eigenvalue weighted by atomic mass is 32.2. The summed E-state index contributed by atoms with van der Waals surface area (Å²) in [6.07, 6.45) is 1.34. The average Bonchev–Trinajstić information content (AvgIpc) is 2.25. The Kier molecular flexibility index (Phi) is 2.44. The highest BCUT2D eigenvalue weighted by Crippen LogP contribution is 2.15. The number of hydrogen-bond acceptors (Lipinski definition) is 2. The Balaban J connectivity index is 2.80. The molecular formula is C7H14N2O2S. The first kappa shape index (κ1) is 9.54. The predicted octanol–water partition coefficient (Wildman–Crippen LogP) is 0.305. The van der Waals surface area contributed by atoms with E-state index in [0.29, 0.717) is 12.5 Å². The zero-order chi connectivity index (χ0) is 9.35. The minimum atomic E-state index is -3.27. The fourth-order valence-corrected chi connectivity index (χ4v) is 2.53. The zero-order valence-electron chi connectivity index (χ0n) is 7.32. The molecule has 1 aliphatic rings. The molecule has 0 aromatic rings. The van der Waals surface area contributed by atoms with Gasteiger partial charge in [0.05, 0.1) is 6.54 Å². The van der Waals surface area contributed by atoms with Gasteiger partial charge < -0.3 is 0 Å². The molecule has 1 N–H and O–H groups in total. The SMILES string of the molecule is C=CN1CC(C(C)C)NS1(=O)=O. The number of nitrogens with zero attached hydrogens (tertiary/aromatic N) is 1. The lowest BCUT2D eigenvalue weighted by Gasteiger charge is -2.11. The largest absolute Gasteiger partial charge is 0.301 e. The molecule has 5 heteroatoms. The maximum absolute atomic E-state index is 11.3. The van der Waals surface area contributed by atoms with E-state index in [1.807, 2.05) is 13.8 Å². The predicted molar refractivity (Wildman–Crippen MR) is 47.6 cm³/mol. The van der Waals surface area contributed by atoms with Gasteiger partial charge >= 0.3 is 10.2 Å². The molecule has 0 saturated carbocycles. The second kappa shape index (κ2) is 3.06. The lowest BCUT2D eigenvalue weighted by atomic mass is 10.1. The Morgan fingerprint density at radius 2 is 2.25 bits per heavy atom. The number of rotatable bonds is 2. The second-order valence-electron chi connectivity index (χ2n) is 3.23. The van der Waals surface area contributed by atoms with Crippen LogP contribution in [0.1, 0.15) is 13.8 Å². The Morgan fingerprint density at radius 1 is 1.67 bits per heavy atom. The molecular weight excluding hydrogens is 176 g/mol. The summed E-state index contributed by atoms with van der Waals surface area (Å²) >= 11 is 0. The van der Waals surface area contributed by atoms with E-state index in [0.717, 1.165) is 0 Å². The molecule has 0 aliphatic carbocycles. The third-order valence-electron chi connectivity index (χ3n) is 1.99. The molecule has 12 heavy (non-hydrogen) atoms. The van der Waals surface area contributed by atoms with E-state index < -0.39 is 10.2 Å². The molecule has 0 aromatic heterocycles. The maximum Gasteiger partial charge on any atom is 0.301 e. The number of hydrogen-bond donors (Lipinski definition) is 1. The maximum atomic E-state index is 11.3. The second-order valence-corrected chi connectivity index (χ2v) is 4.88. The Bertz CT molecular complexity index is 271. The molecule has 4 nitrogen and oxygen atoms in total. The van der Waals surface area contributed by atoms with Crippen molar-refractivity contribution >= 4 is 10.2 Å². The quantitative estimate of drug-likeness (QED) is 0.681. The van der Waals surface area contributed by atoms with Crippen molar-refractivity contribution in [2.24, 2.45) is 5.92 Å². The fourth-order valence-electron chi connectivity index (χ4n) is 1.11. The highest BCUT2D eigenvalue weighted by Gasteiger charge is 2.33. The van der Waals surface area contributed by atoms with E-state index in [1.54, 1.807) is 0 Å². The summed E-state index contributed by atoms with van der Waals surface area (Å²) in [5.74, 6) is 0.310. The Labute approximate surface area is 73.4 Å². The summed E-state index contributed by atoms with van der Waals surface area (Å²) in [5, 5.41) is 0. The Morgan fingerprint density at radius 3 is 2.50 bits per heavy atom. The van der Waals surface area contributed by atoms with Crippen LogP contribution < -0.4 is 4.72 Å². The van der Waals surface area contributed by atoms with Crippen LogP contribution in [0.15, 0.2) is 12.8 Å². The minimum Gasteiger partial charge on any atom is -0.264 e. The van der Waals surface area contributed by atoms with E-state index in [2.05, 4.69) is 11.3 Å². The van der Waals surface area contributed by atoms with E-state index >= 15 is 0 Å². The molecule has 1 heterocycles. The summed E-state index contributed by atoms with van der Waals surface area (Å²) < 4.78 is 26.3. The molecule has 70 valence electrons. The van der Waals surface area contributed by atoms with Crippen LogP contribution in [0.5, 0.6) is 0 Å². The molecule has 0 amide bonds. The zero-order valence-corrected chi connectivity index (χ0v) is 8.13. The van der Waals surface area contributed by atoms with Crippen molar-refractivity contribution in [3.05, 3.63) is 12.8 Å². The van der Waals surface area contributed by atoms with Gasteiger partial charge in [-0.15, -0.1) is 0 Å². The van der Waals surface area contributed by atoms with Crippen LogP contribution in [0.25, 0.3) is 0 Å². The molecule has 0 aromatic carbocycles. The van der Waals surface area contributed by atoms with E-state index in [1.165, 1.54) is 10.5 Å². The van der Waals surface area contributed by atoms with Gasteiger partial charge in [0.2, 0.25) is 0 Å². The standard InChI is InChI=1S/C7H14N2O2S/c1-4-9-5-7(6(2)3)8-12(9,10)11/h4,6-8H,1,5H2,2-3H3. The fraction of sp³-hybridized carbons (Fsp3) is 0.714. The minimum absolute atomic E-state index is 0.00741. The molecule has 1 fully saturated rings. The smallest absolute Gasteiger partial charge is 0.264 e. The van der Waals surface area contributed by atoms with Crippen molar-refractivity contribution in [3.8, 4) is 0 Å². The van der Waals surface area contributed by atoms with Crippen molar-refractivity contribution in [2.45, 2.75) is 19.9 Å². The van der Waals surface area contributed by atoms with Crippen molar-refractivity contribution in [3.63, 3.8) is 0 Å². The molecule has 1 aliphatic heterocycles. The molecule has 0 spiro atoms. The Hall–Kier alpha value is -0.550. The van der Waals surface area contributed by atoms with Crippen LogP contribution in [0.4, 0.5) is 0 Å². The van der Waals surface area contributed by atoms with Crippen molar-refractivity contribution < 1.29 is 8.42 Å². The monoisotopic (exact) mass is 190 g/mol. The first-order valence-corrected chi connectivity index (χ1v) is 5.33. The molecule has 1 unspecified atom stereocenters. The van der Waals surface area contributed by atoms with Crippen LogP contribution in [0.2, 0.25) is 0 Å². The molecule has 1 saturated heterocycles. The third-order valence-corrected chi connectivity index (χ3v) is 3.51. The molecule has 0 bridgehead atoms. The van der Waals surface area contributed by atoms with Crippen molar-refractivity contribution in [1.82, 2.24) is 9.03 Å². The summed E-state index contributed by atoms with van der Waals surface area (Å²) in [6.45, 7) is 7.90. The van der Waals surface area contributed by atoms with Gasteiger partial charge in [-0.25, -0.2) is 0 Å². The van der Waals surface area contributed by atoms with Gasteiger partial charge in [0.1, 0.15) is 0 Å². The molecule has 1 atom stereocenters. The van der Waals surface area contributed by atoms with Gasteiger partial charge in [0.25, 0.3) is 0 Å². The third kappa shape index (κ3) is 1.61. The summed E-state index contributed by atoms with van der Waals surface area (Å²) in [4.78, 5) is 0. The lowest BCUT2D eigenvalue weighted by Crippen LogP contribution is -2.31. The van der Waals surface area contributed by atoms with E-state index in [-0.39, 0.29) is 6.04 Å². The summed E-state index contributed by atoms with van der Waals surface area (Å²) in [7, 11) is -3.27. The first-order valence-electron chi connectivity index (χ1n) is 3.89. The molecule has 1 rings (SSSR count).